The third kappa shape index (κ3) is 7.08. The Kier molecular flexibility index (Phi) is 9.10. The minimum atomic E-state index is -0.975. The highest BCUT2D eigenvalue weighted by Gasteiger charge is 2.46. The molecular weight excluding hydrogens is 510 g/mol. The summed E-state index contributed by atoms with van der Waals surface area (Å²) in [7, 11) is 0. The number of carbonyl (C=O) groups is 4. The molecule has 0 bridgehead atoms. The van der Waals surface area contributed by atoms with Crippen LogP contribution in [0.3, 0.4) is 0 Å². The number of hydrogen-bond donors (Lipinski definition) is 0. The molecule has 0 amide bonds. The van der Waals surface area contributed by atoms with Crippen molar-refractivity contribution in [3.63, 3.8) is 0 Å². The van der Waals surface area contributed by atoms with E-state index in [1.807, 2.05) is 0 Å². The fourth-order valence-electron chi connectivity index (χ4n) is 3.53. The van der Waals surface area contributed by atoms with Crippen LogP contribution in [0.25, 0.3) is 0 Å². The highest BCUT2D eigenvalue weighted by molar-refractivity contribution is 8.17. The average Bonchev–Trinajstić information content (AvgIpc) is 2.82. The van der Waals surface area contributed by atoms with E-state index in [1.54, 1.807) is 24.3 Å². The van der Waals surface area contributed by atoms with Gasteiger partial charge in [-0.3, -0.25) is 29.3 Å². The monoisotopic (exact) mass is 533 g/mol. The van der Waals surface area contributed by atoms with E-state index in [-0.39, 0.29) is 16.1 Å². The number of benzene rings is 2. The third-order valence-electron chi connectivity index (χ3n) is 5.01. The molecule has 4 atom stereocenters. The van der Waals surface area contributed by atoms with Crippen molar-refractivity contribution in [1.82, 2.24) is 0 Å². The maximum atomic E-state index is 12.7. The molecule has 190 valence electrons. The van der Waals surface area contributed by atoms with Crippen LogP contribution < -0.4 is 0 Å². The molecule has 0 saturated carbocycles. The molecular formula is C24H23NO9S2. The van der Waals surface area contributed by atoms with Crippen LogP contribution in [0.1, 0.15) is 36.7 Å². The van der Waals surface area contributed by atoms with E-state index in [2.05, 4.69) is 0 Å². The molecule has 1 saturated heterocycles. The number of hydrogen-bond acceptors (Lipinski definition) is 11. The van der Waals surface area contributed by atoms with E-state index in [0.717, 1.165) is 4.90 Å². The minimum absolute atomic E-state index is 0.103. The van der Waals surface area contributed by atoms with E-state index in [1.165, 1.54) is 68.6 Å². The summed E-state index contributed by atoms with van der Waals surface area (Å²) in [5, 5.41) is 10.8. The number of nitro benzene ring substituents is 1. The lowest BCUT2D eigenvalue weighted by Gasteiger charge is -2.39. The van der Waals surface area contributed by atoms with E-state index in [9.17, 15) is 29.3 Å². The number of ketones is 1. The largest absolute Gasteiger partial charge is 0.458 e. The van der Waals surface area contributed by atoms with Crippen LogP contribution in [0.5, 0.6) is 0 Å². The average molecular weight is 534 g/mol. The Labute approximate surface area is 215 Å². The lowest BCUT2D eigenvalue weighted by atomic mass is 10.0. The van der Waals surface area contributed by atoms with Gasteiger partial charge in [-0.1, -0.05) is 0 Å². The van der Waals surface area contributed by atoms with Crippen LogP contribution >= 0.6 is 23.5 Å². The standard InChI is InChI=1S/C24H23NO9S2/c1-13(26)32-20-12-35-24(23(34-15(3)28)22(20)33-14(2)27)36-19-10-6-17(7-11-19)21(29)16-4-8-18(9-5-16)25(30)31/h4-11,20,22-24H,12H2,1-3H3/t20-,22+,23-,24+/m1/s1. The number of thioether (sulfide) groups is 2. The Morgan fingerprint density at radius 1 is 0.833 bits per heavy atom. The van der Waals surface area contributed by atoms with Crippen molar-refractivity contribution in [3.8, 4) is 0 Å². The number of nitro groups is 1. The molecule has 0 spiro atoms. The second kappa shape index (κ2) is 12.0. The number of rotatable bonds is 8. The molecule has 0 radical (unpaired) electrons. The summed E-state index contributed by atoms with van der Waals surface area (Å²) in [5.74, 6) is -1.68. The van der Waals surface area contributed by atoms with Crippen molar-refractivity contribution >= 4 is 52.9 Å². The molecule has 36 heavy (non-hydrogen) atoms. The molecule has 12 heteroatoms. The zero-order valence-corrected chi connectivity index (χ0v) is 21.2. The highest BCUT2D eigenvalue weighted by atomic mass is 32.2. The van der Waals surface area contributed by atoms with Gasteiger partial charge in [0.05, 0.1) is 9.51 Å². The van der Waals surface area contributed by atoms with Crippen LogP contribution in [-0.4, -0.2) is 57.3 Å². The molecule has 2 aromatic rings. The predicted molar refractivity (Wildman–Crippen MR) is 132 cm³/mol. The Balaban J connectivity index is 1.77. The second-order valence-electron chi connectivity index (χ2n) is 7.77. The number of ether oxygens (including phenoxy) is 3. The van der Waals surface area contributed by atoms with E-state index >= 15 is 0 Å². The number of carbonyl (C=O) groups excluding carboxylic acids is 4. The molecule has 0 N–H and O–H groups in total. The number of esters is 3. The van der Waals surface area contributed by atoms with Crippen molar-refractivity contribution in [3.05, 3.63) is 69.8 Å². The number of nitrogens with zero attached hydrogens (tertiary/aromatic N) is 1. The van der Waals surface area contributed by atoms with Crippen LogP contribution in [0.15, 0.2) is 53.4 Å². The topological polar surface area (TPSA) is 139 Å². The lowest BCUT2D eigenvalue weighted by molar-refractivity contribution is -0.384. The van der Waals surface area contributed by atoms with Gasteiger partial charge in [-0.2, -0.15) is 0 Å². The SMILES string of the molecule is CC(=O)O[C@@H]1[C@@H](OC(C)=O)[C@H](Sc2ccc(C(=O)c3ccc([N+](=O)[O-])cc3)cc2)SC[C@H]1OC(C)=O. The molecule has 1 fully saturated rings. The normalized spacial score (nSPS) is 21.2. The number of non-ortho nitro benzene ring substituents is 1. The molecule has 0 aromatic heterocycles. The fourth-order valence-corrected chi connectivity index (χ4v) is 6.31. The van der Waals surface area contributed by atoms with Gasteiger partial charge in [-0.05, 0) is 36.4 Å². The fraction of sp³-hybridized carbons (Fsp3) is 0.333. The van der Waals surface area contributed by atoms with Gasteiger partial charge < -0.3 is 14.2 Å². The first kappa shape index (κ1) is 27.2. The minimum Gasteiger partial charge on any atom is -0.458 e. The molecule has 0 unspecified atom stereocenters. The van der Waals surface area contributed by atoms with Gasteiger partial charge in [0.25, 0.3) is 5.69 Å². The Bertz CT molecular complexity index is 1150. The first-order valence-corrected chi connectivity index (χ1v) is 12.7. The van der Waals surface area contributed by atoms with E-state index in [4.69, 9.17) is 14.2 Å². The summed E-state index contributed by atoms with van der Waals surface area (Å²) in [6.45, 7) is 3.71. The molecule has 0 aliphatic carbocycles. The third-order valence-corrected chi connectivity index (χ3v) is 7.87. The first-order chi connectivity index (χ1) is 17.0. The van der Waals surface area contributed by atoms with Gasteiger partial charge in [-0.15, -0.1) is 23.5 Å². The van der Waals surface area contributed by atoms with Crippen molar-refractivity contribution in [2.75, 3.05) is 5.75 Å². The predicted octanol–water partition coefficient (Wildman–Crippen LogP) is 3.79. The molecule has 1 heterocycles. The summed E-state index contributed by atoms with van der Waals surface area (Å²) in [4.78, 5) is 58.9. The van der Waals surface area contributed by atoms with Gasteiger partial charge in [-0.25, -0.2) is 0 Å². The van der Waals surface area contributed by atoms with Crippen molar-refractivity contribution in [2.24, 2.45) is 0 Å². The highest BCUT2D eigenvalue weighted by Crippen LogP contribution is 2.41. The molecule has 1 aliphatic heterocycles. The van der Waals surface area contributed by atoms with E-state index < -0.39 is 41.1 Å². The molecule has 3 rings (SSSR count). The van der Waals surface area contributed by atoms with Gasteiger partial charge in [0.1, 0.15) is 0 Å². The Morgan fingerprint density at radius 3 is 1.83 bits per heavy atom. The summed E-state index contributed by atoms with van der Waals surface area (Å²) in [6, 6.07) is 12.1. The van der Waals surface area contributed by atoms with Crippen molar-refractivity contribution < 1.29 is 38.3 Å². The maximum absolute atomic E-state index is 12.7. The van der Waals surface area contributed by atoms with Gasteiger partial charge in [0, 0.05) is 54.7 Å². The zero-order chi connectivity index (χ0) is 26.4. The summed E-state index contributed by atoms with van der Waals surface area (Å²) in [6.07, 6.45) is -2.64. The smallest absolute Gasteiger partial charge is 0.303 e. The first-order valence-electron chi connectivity index (χ1n) is 10.7. The lowest BCUT2D eigenvalue weighted by Crippen LogP contribution is -2.53. The Morgan fingerprint density at radius 2 is 1.33 bits per heavy atom. The van der Waals surface area contributed by atoms with Crippen LogP contribution in [0.2, 0.25) is 0 Å². The summed E-state index contributed by atoms with van der Waals surface area (Å²) in [5.41, 5.74) is 0.613. The zero-order valence-electron chi connectivity index (χ0n) is 19.6. The quantitative estimate of drug-likeness (QED) is 0.161. The van der Waals surface area contributed by atoms with E-state index in [0.29, 0.717) is 16.9 Å². The van der Waals surface area contributed by atoms with Gasteiger partial charge in [0.15, 0.2) is 24.1 Å². The summed E-state index contributed by atoms with van der Waals surface area (Å²) >= 11 is 2.75. The summed E-state index contributed by atoms with van der Waals surface area (Å²) < 4.78 is 15.8. The van der Waals surface area contributed by atoms with Gasteiger partial charge >= 0.3 is 17.9 Å². The second-order valence-corrected chi connectivity index (χ2v) is 10.5. The van der Waals surface area contributed by atoms with Crippen LogP contribution in [0.4, 0.5) is 5.69 Å². The maximum Gasteiger partial charge on any atom is 0.303 e. The molecule has 10 nitrogen and oxygen atoms in total. The molecule has 2 aromatic carbocycles. The van der Waals surface area contributed by atoms with Crippen molar-refractivity contribution in [2.45, 2.75) is 48.6 Å². The van der Waals surface area contributed by atoms with Crippen molar-refractivity contribution in [1.29, 1.82) is 0 Å². The van der Waals surface area contributed by atoms with Gasteiger partial charge in [0.2, 0.25) is 0 Å². The Hall–Kier alpha value is -3.38. The van der Waals surface area contributed by atoms with Crippen LogP contribution in [0, 0.1) is 10.1 Å². The molecule has 1 aliphatic rings. The van der Waals surface area contributed by atoms with Crippen LogP contribution in [-0.2, 0) is 28.6 Å².